The topological polar surface area (TPSA) is 9.86 Å². The number of fused-ring (bicyclic) bond motifs is 22. The first-order chi connectivity index (χ1) is 44.2. The number of nitrogens with zero attached hydrogens (tertiary/aromatic N) is 2. The Morgan fingerprint density at radius 1 is 0.233 bits per heavy atom. The average molecular weight is 1180 g/mol. The molecule has 422 valence electrons. The monoisotopic (exact) mass is 1180 g/mol. The standard InChI is InChI=1S/C86H56N2S2/c1-85(2)69-25-13-9-21-61(69)63-33-31-51(47-71(63)85)87-73-39-29-49(45-67(73)81-75(87)41-43-79-83(81)65-23-11-15-27-77(65)89-79)53-35-37-59(57-19-7-5-17-55(53)57)60-38-36-54(56-18-6-8-20-58(56)60)50-30-40-74-68(46-50)82-76(42-44-80-84(82)66-24-12-16-28-78(66)90-80)88(74)52-32-34-64-62-22-10-14-26-70(62)86(3,4)72(64)48-52/h5-48H,1-4H3. The van der Waals surface area contributed by atoms with Crippen LogP contribution in [0.25, 0.3) is 173 Å². The highest BCUT2D eigenvalue weighted by Gasteiger charge is 2.37. The molecule has 4 aromatic heterocycles. The van der Waals surface area contributed by atoms with Crippen LogP contribution >= 0.6 is 22.7 Å². The minimum atomic E-state index is -0.115. The summed E-state index contributed by atoms with van der Waals surface area (Å²) in [6, 6.07) is 102. The minimum Gasteiger partial charge on any atom is -0.309 e. The Labute approximate surface area is 528 Å². The largest absolute Gasteiger partial charge is 0.309 e. The van der Waals surface area contributed by atoms with Gasteiger partial charge >= 0.3 is 0 Å². The summed E-state index contributed by atoms with van der Waals surface area (Å²) in [7, 11) is 0. The van der Waals surface area contributed by atoms with Crippen molar-refractivity contribution in [2.45, 2.75) is 38.5 Å². The van der Waals surface area contributed by atoms with E-state index in [1.807, 2.05) is 22.7 Å². The second-order valence-electron chi connectivity index (χ2n) is 26.2. The maximum Gasteiger partial charge on any atom is 0.0548 e. The summed E-state index contributed by atoms with van der Waals surface area (Å²) < 4.78 is 10.3. The van der Waals surface area contributed by atoms with Crippen LogP contribution in [0.4, 0.5) is 0 Å². The van der Waals surface area contributed by atoms with Crippen molar-refractivity contribution in [2.24, 2.45) is 0 Å². The van der Waals surface area contributed by atoms with Gasteiger partial charge in [-0.2, -0.15) is 0 Å². The fourth-order valence-corrected chi connectivity index (χ4v) is 19.0. The molecule has 2 nitrogen and oxygen atoms in total. The van der Waals surface area contributed by atoms with E-state index in [1.54, 1.807) is 0 Å². The first-order valence-electron chi connectivity index (χ1n) is 31.5. The van der Waals surface area contributed by atoms with Crippen LogP contribution in [-0.4, -0.2) is 9.13 Å². The zero-order chi connectivity index (χ0) is 59.5. The molecule has 4 heterocycles. The molecular weight excluding hydrogens is 1130 g/mol. The lowest BCUT2D eigenvalue weighted by atomic mass is 9.82. The third-order valence-corrected chi connectivity index (χ3v) is 23.2. The molecule has 2 aliphatic carbocycles. The third kappa shape index (κ3) is 6.76. The predicted molar refractivity (Wildman–Crippen MR) is 387 cm³/mol. The Kier molecular flexibility index (Phi) is 10.2. The predicted octanol–water partition coefficient (Wildman–Crippen LogP) is 24.5. The van der Waals surface area contributed by atoms with Gasteiger partial charge in [-0.05, 0) is 184 Å². The highest BCUT2D eigenvalue weighted by Crippen LogP contribution is 2.54. The van der Waals surface area contributed by atoms with E-state index in [-0.39, 0.29) is 10.8 Å². The molecule has 0 saturated heterocycles. The molecule has 0 spiro atoms. The summed E-state index contributed by atoms with van der Waals surface area (Å²) >= 11 is 3.79. The number of rotatable bonds is 5. The van der Waals surface area contributed by atoms with E-state index < -0.39 is 0 Å². The lowest BCUT2D eigenvalue weighted by Gasteiger charge is -2.22. The minimum absolute atomic E-state index is 0.115. The van der Waals surface area contributed by atoms with Gasteiger partial charge in [-0.25, -0.2) is 0 Å². The van der Waals surface area contributed by atoms with E-state index >= 15 is 0 Å². The zero-order valence-corrected chi connectivity index (χ0v) is 51.7. The van der Waals surface area contributed by atoms with Gasteiger partial charge in [0.1, 0.15) is 0 Å². The molecule has 2 aliphatic rings. The molecule has 0 bridgehead atoms. The molecule has 4 heteroatoms. The third-order valence-electron chi connectivity index (χ3n) is 20.9. The van der Waals surface area contributed by atoms with Crippen molar-refractivity contribution in [1.29, 1.82) is 0 Å². The maximum atomic E-state index is 2.53. The summed E-state index contributed by atoms with van der Waals surface area (Å²) in [4.78, 5) is 0. The van der Waals surface area contributed by atoms with Crippen LogP contribution in [0.5, 0.6) is 0 Å². The molecule has 0 saturated carbocycles. The quantitative estimate of drug-likeness (QED) is 0.163. The second-order valence-corrected chi connectivity index (χ2v) is 28.4. The number of benzene rings is 14. The smallest absolute Gasteiger partial charge is 0.0548 e. The van der Waals surface area contributed by atoms with Crippen LogP contribution in [0.15, 0.2) is 267 Å². The van der Waals surface area contributed by atoms with Crippen LogP contribution in [-0.2, 0) is 10.8 Å². The van der Waals surface area contributed by atoms with Crippen LogP contribution in [0.2, 0.25) is 0 Å². The molecule has 14 aromatic carbocycles. The first kappa shape index (κ1) is 50.6. The summed E-state index contributed by atoms with van der Waals surface area (Å²) in [6.45, 7) is 9.53. The van der Waals surface area contributed by atoms with E-state index in [2.05, 4.69) is 304 Å². The van der Waals surface area contributed by atoms with E-state index in [0.29, 0.717) is 0 Å². The average Bonchev–Trinajstić information content (AvgIpc) is 1.56. The molecule has 0 radical (unpaired) electrons. The Balaban J connectivity index is 0.744. The van der Waals surface area contributed by atoms with Gasteiger partial charge in [0.2, 0.25) is 0 Å². The molecule has 90 heavy (non-hydrogen) atoms. The molecule has 18 aromatic rings. The summed E-state index contributed by atoms with van der Waals surface area (Å²) in [5.41, 5.74) is 25.3. The van der Waals surface area contributed by atoms with Gasteiger partial charge < -0.3 is 9.13 Å². The van der Waals surface area contributed by atoms with E-state index in [0.717, 1.165) is 0 Å². The van der Waals surface area contributed by atoms with Gasteiger partial charge in [0, 0.05) is 84.1 Å². The lowest BCUT2D eigenvalue weighted by Crippen LogP contribution is -2.15. The van der Waals surface area contributed by atoms with Gasteiger partial charge in [0.25, 0.3) is 0 Å². The molecule has 0 atom stereocenters. The Morgan fingerprint density at radius 2 is 0.578 bits per heavy atom. The van der Waals surface area contributed by atoms with Crippen LogP contribution in [0.1, 0.15) is 49.9 Å². The van der Waals surface area contributed by atoms with Crippen molar-refractivity contribution in [3.8, 4) is 67.0 Å². The lowest BCUT2D eigenvalue weighted by molar-refractivity contribution is 0.660. The molecule has 0 unspecified atom stereocenters. The Morgan fingerprint density at radius 3 is 1.02 bits per heavy atom. The van der Waals surface area contributed by atoms with Crippen LogP contribution in [0, 0.1) is 0 Å². The highest BCUT2D eigenvalue weighted by molar-refractivity contribution is 7.26. The summed E-state index contributed by atoms with van der Waals surface area (Å²) in [5.74, 6) is 0. The van der Waals surface area contributed by atoms with E-state index in [1.165, 1.54) is 195 Å². The summed E-state index contributed by atoms with van der Waals surface area (Å²) in [6.07, 6.45) is 0. The molecule has 0 fully saturated rings. The molecule has 20 rings (SSSR count). The van der Waals surface area contributed by atoms with Gasteiger partial charge in [-0.1, -0.05) is 210 Å². The zero-order valence-electron chi connectivity index (χ0n) is 50.1. The van der Waals surface area contributed by atoms with Crippen molar-refractivity contribution in [3.63, 3.8) is 0 Å². The summed E-state index contributed by atoms with van der Waals surface area (Å²) in [5, 5.41) is 15.4. The van der Waals surface area contributed by atoms with E-state index in [4.69, 9.17) is 0 Å². The van der Waals surface area contributed by atoms with Crippen molar-refractivity contribution >= 4 is 128 Å². The van der Waals surface area contributed by atoms with Gasteiger partial charge in [-0.3, -0.25) is 0 Å². The maximum absolute atomic E-state index is 2.53. The Hall–Kier alpha value is -10.4. The second kappa shape index (κ2) is 18.1. The van der Waals surface area contributed by atoms with Crippen LogP contribution < -0.4 is 0 Å². The van der Waals surface area contributed by atoms with Crippen LogP contribution in [0.3, 0.4) is 0 Å². The Bertz CT molecular complexity index is 5850. The number of hydrogen-bond acceptors (Lipinski definition) is 2. The molecular formula is C86H56N2S2. The fraction of sp³-hybridized carbons (Fsp3) is 0.0698. The van der Waals surface area contributed by atoms with Crippen molar-refractivity contribution < 1.29 is 0 Å². The molecule has 0 aliphatic heterocycles. The van der Waals surface area contributed by atoms with Crippen molar-refractivity contribution in [2.75, 3.05) is 0 Å². The highest BCUT2D eigenvalue weighted by atomic mass is 32.1. The van der Waals surface area contributed by atoms with Crippen molar-refractivity contribution in [1.82, 2.24) is 9.13 Å². The van der Waals surface area contributed by atoms with Gasteiger partial charge in [-0.15, -0.1) is 22.7 Å². The molecule has 0 amide bonds. The van der Waals surface area contributed by atoms with Crippen molar-refractivity contribution in [3.05, 3.63) is 289 Å². The SMILES string of the molecule is CC1(C)c2ccccc2-c2ccc(-n3c4ccc(-c5ccc(-c6ccc(-c7ccc8c(c7)c7c9c(ccc7n8-c7ccc8c(c7)C(C)(C)c7ccccc7-8)sc7ccccc79)c7ccccc67)c6ccccc56)cc4c4c5c(ccc43)sc3ccccc35)cc21. The normalized spacial score (nSPS) is 14.0. The van der Waals surface area contributed by atoms with Gasteiger partial charge in [0.05, 0.1) is 22.1 Å². The first-order valence-corrected chi connectivity index (χ1v) is 33.1. The van der Waals surface area contributed by atoms with Gasteiger partial charge in [0.15, 0.2) is 0 Å². The number of hydrogen-bond donors (Lipinski definition) is 0. The fourth-order valence-electron chi connectivity index (χ4n) is 16.8. The number of thiophene rings is 2. The van der Waals surface area contributed by atoms with E-state index in [9.17, 15) is 0 Å². The number of aromatic nitrogens is 2. The molecule has 0 N–H and O–H groups in total.